The first kappa shape index (κ1) is 21.4. The number of rotatable bonds is 9. The van der Waals surface area contributed by atoms with Crippen LogP contribution in [-0.2, 0) is 11.3 Å². The molecule has 0 unspecified atom stereocenters. The Hall–Kier alpha value is -4.31. The predicted octanol–water partition coefficient (Wildman–Crippen LogP) is 4.00. The first-order valence-corrected chi connectivity index (χ1v) is 9.54. The van der Waals surface area contributed by atoms with E-state index in [1.807, 2.05) is 12.1 Å². The molecule has 0 aliphatic rings. The smallest absolute Gasteiger partial charge is 0.291 e. The van der Waals surface area contributed by atoms with E-state index in [2.05, 4.69) is 18.0 Å². The number of nitrogens with one attached hydrogen (secondary N) is 1. The molecule has 0 spiro atoms. The quantitative estimate of drug-likeness (QED) is 0.533. The van der Waals surface area contributed by atoms with Crippen molar-refractivity contribution in [2.75, 3.05) is 18.5 Å². The fourth-order valence-corrected chi connectivity index (χ4v) is 2.82. The van der Waals surface area contributed by atoms with Crippen LogP contribution in [0.25, 0.3) is 0 Å². The molecule has 7 nitrogen and oxygen atoms in total. The van der Waals surface area contributed by atoms with Gasteiger partial charge in [0.15, 0.2) is 12.4 Å². The number of amides is 2. The minimum absolute atomic E-state index is 0.167. The SMILES string of the molecule is C=CCN(Cc1ccc(C#N)cc1)C(=O)COc1cccc(NC(=O)c2ccco2)c1. The molecule has 0 atom stereocenters. The molecule has 3 aromatic rings. The first-order chi connectivity index (χ1) is 15.1. The fourth-order valence-electron chi connectivity index (χ4n) is 2.82. The average Bonchev–Trinajstić information content (AvgIpc) is 3.33. The number of ether oxygens (including phenoxy) is 1. The van der Waals surface area contributed by atoms with Crippen molar-refractivity contribution in [3.63, 3.8) is 0 Å². The van der Waals surface area contributed by atoms with Crippen molar-refractivity contribution >= 4 is 17.5 Å². The lowest BCUT2D eigenvalue weighted by Crippen LogP contribution is -2.34. The van der Waals surface area contributed by atoms with E-state index in [0.29, 0.717) is 30.1 Å². The Bertz CT molecular complexity index is 1080. The van der Waals surface area contributed by atoms with Crippen molar-refractivity contribution in [2.24, 2.45) is 0 Å². The van der Waals surface area contributed by atoms with Gasteiger partial charge in [-0.3, -0.25) is 9.59 Å². The molecule has 1 heterocycles. The number of carbonyl (C=O) groups is 2. The lowest BCUT2D eigenvalue weighted by atomic mass is 10.1. The Labute approximate surface area is 180 Å². The molecule has 7 heteroatoms. The maximum Gasteiger partial charge on any atom is 0.291 e. The minimum atomic E-state index is -0.377. The molecule has 1 N–H and O–H groups in total. The molecule has 31 heavy (non-hydrogen) atoms. The normalized spacial score (nSPS) is 10.0. The highest BCUT2D eigenvalue weighted by Crippen LogP contribution is 2.18. The highest BCUT2D eigenvalue weighted by molar-refractivity contribution is 6.02. The lowest BCUT2D eigenvalue weighted by molar-refractivity contribution is -0.133. The maximum atomic E-state index is 12.7. The zero-order valence-electron chi connectivity index (χ0n) is 16.8. The van der Waals surface area contributed by atoms with E-state index in [0.717, 1.165) is 5.56 Å². The zero-order chi connectivity index (χ0) is 22.1. The van der Waals surface area contributed by atoms with Gasteiger partial charge in [0.25, 0.3) is 11.8 Å². The summed E-state index contributed by atoms with van der Waals surface area (Å²) in [7, 11) is 0. The van der Waals surface area contributed by atoms with Crippen molar-refractivity contribution in [3.05, 3.63) is 96.5 Å². The Morgan fingerprint density at radius 1 is 1.16 bits per heavy atom. The molecule has 3 rings (SSSR count). The standard InChI is InChI=1S/C24H21N3O4/c1-2-12-27(16-19-10-8-18(15-25)9-11-19)23(28)17-31-21-6-3-5-20(14-21)26-24(29)22-7-4-13-30-22/h2-11,13-14H,1,12,16-17H2,(H,26,29). The number of benzene rings is 2. The maximum absolute atomic E-state index is 12.7. The van der Waals surface area contributed by atoms with E-state index in [-0.39, 0.29) is 24.2 Å². The third kappa shape index (κ3) is 6.08. The Morgan fingerprint density at radius 2 is 1.97 bits per heavy atom. The van der Waals surface area contributed by atoms with Gasteiger partial charge in [0, 0.05) is 24.8 Å². The second-order valence-corrected chi connectivity index (χ2v) is 6.62. The minimum Gasteiger partial charge on any atom is -0.484 e. The van der Waals surface area contributed by atoms with Gasteiger partial charge in [-0.25, -0.2) is 0 Å². The van der Waals surface area contributed by atoms with Crippen LogP contribution in [0, 0.1) is 11.3 Å². The molecular formula is C24H21N3O4. The summed E-state index contributed by atoms with van der Waals surface area (Å²) in [6.45, 7) is 4.27. The van der Waals surface area contributed by atoms with Crippen molar-refractivity contribution in [1.82, 2.24) is 4.90 Å². The number of nitrogens with zero attached hydrogens (tertiary/aromatic N) is 2. The van der Waals surface area contributed by atoms with Gasteiger partial charge in [-0.15, -0.1) is 6.58 Å². The van der Waals surface area contributed by atoms with Gasteiger partial charge in [-0.1, -0.05) is 24.3 Å². The van der Waals surface area contributed by atoms with Crippen LogP contribution in [0.1, 0.15) is 21.7 Å². The molecule has 0 bridgehead atoms. The summed E-state index contributed by atoms with van der Waals surface area (Å²) in [6, 6.07) is 19.1. The third-order valence-electron chi connectivity index (χ3n) is 4.36. The van der Waals surface area contributed by atoms with E-state index < -0.39 is 0 Å². The Balaban J connectivity index is 1.59. The molecule has 1 aromatic heterocycles. The van der Waals surface area contributed by atoms with Crippen molar-refractivity contribution in [2.45, 2.75) is 6.54 Å². The van der Waals surface area contributed by atoms with E-state index in [9.17, 15) is 9.59 Å². The summed E-state index contributed by atoms with van der Waals surface area (Å²) in [4.78, 5) is 26.4. The summed E-state index contributed by atoms with van der Waals surface area (Å²) < 4.78 is 10.7. The number of nitriles is 1. The summed E-state index contributed by atoms with van der Waals surface area (Å²) in [5.41, 5.74) is 1.98. The van der Waals surface area contributed by atoms with Crippen molar-refractivity contribution < 1.29 is 18.7 Å². The van der Waals surface area contributed by atoms with E-state index in [1.54, 1.807) is 59.5 Å². The van der Waals surface area contributed by atoms with Gasteiger partial charge < -0.3 is 19.4 Å². The topological polar surface area (TPSA) is 95.6 Å². The molecule has 2 aromatic carbocycles. The van der Waals surface area contributed by atoms with Crippen LogP contribution in [0.5, 0.6) is 5.75 Å². The van der Waals surface area contributed by atoms with Crippen LogP contribution in [-0.4, -0.2) is 29.9 Å². The first-order valence-electron chi connectivity index (χ1n) is 9.54. The number of furan rings is 1. The average molecular weight is 415 g/mol. The van der Waals surface area contributed by atoms with Gasteiger partial charge in [-0.2, -0.15) is 5.26 Å². The van der Waals surface area contributed by atoms with Crippen LogP contribution in [0.15, 0.2) is 84.0 Å². The van der Waals surface area contributed by atoms with Gasteiger partial charge >= 0.3 is 0 Å². The van der Waals surface area contributed by atoms with E-state index >= 15 is 0 Å². The van der Waals surface area contributed by atoms with Crippen molar-refractivity contribution in [3.8, 4) is 11.8 Å². The van der Waals surface area contributed by atoms with Crippen LogP contribution < -0.4 is 10.1 Å². The van der Waals surface area contributed by atoms with Crippen LogP contribution in [0.3, 0.4) is 0 Å². The summed E-state index contributed by atoms with van der Waals surface area (Å²) in [5.74, 6) is 0.0546. The molecule has 0 saturated carbocycles. The van der Waals surface area contributed by atoms with Crippen LogP contribution >= 0.6 is 0 Å². The third-order valence-corrected chi connectivity index (χ3v) is 4.36. The molecule has 0 aliphatic carbocycles. The number of hydrogen-bond acceptors (Lipinski definition) is 5. The van der Waals surface area contributed by atoms with Gasteiger partial charge in [0.2, 0.25) is 0 Å². The summed E-state index contributed by atoms with van der Waals surface area (Å²) in [5, 5.41) is 11.6. The van der Waals surface area contributed by atoms with E-state index in [4.69, 9.17) is 14.4 Å². The molecule has 2 amide bonds. The number of hydrogen-bond donors (Lipinski definition) is 1. The van der Waals surface area contributed by atoms with Crippen LogP contribution in [0.4, 0.5) is 5.69 Å². The van der Waals surface area contributed by atoms with Gasteiger partial charge in [-0.05, 0) is 42.0 Å². The number of carbonyl (C=O) groups excluding carboxylic acids is 2. The highest BCUT2D eigenvalue weighted by atomic mass is 16.5. The molecule has 0 radical (unpaired) electrons. The monoisotopic (exact) mass is 415 g/mol. The zero-order valence-corrected chi connectivity index (χ0v) is 16.8. The fraction of sp³-hybridized carbons (Fsp3) is 0.125. The largest absolute Gasteiger partial charge is 0.484 e. The highest BCUT2D eigenvalue weighted by Gasteiger charge is 2.14. The summed E-state index contributed by atoms with van der Waals surface area (Å²) >= 11 is 0. The lowest BCUT2D eigenvalue weighted by Gasteiger charge is -2.21. The Kier molecular flexibility index (Phi) is 7.22. The molecule has 0 aliphatic heterocycles. The van der Waals surface area contributed by atoms with Crippen molar-refractivity contribution in [1.29, 1.82) is 5.26 Å². The van der Waals surface area contributed by atoms with Crippen LogP contribution in [0.2, 0.25) is 0 Å². The summed E-state index contributed by atoms with van der Waals surface area (Å²) in [6.07, 6.45) is 3.07. The molecule has 0 fully saturated rings. The molecule has 0 saturated heterocycles. The Morgan fingerprint density at radius 3 is 2.65 bits per heavy atom. The molecular weight excluding hydrogens is 394 g/mol. The van der Waals surface area contributed by atoms with E-state index in [1.165, 1.54) is 6.26 Å². The second-order valence-electron chi connectivity index (χ2n) is 6.62. The second kappa shape index (κ2) is 10.5. The van der Waals surface area contributed by atoms with Gasteiger partial charge in [0.05, 0.1) is 17.9 Å². The number of anilines is 1. The van der Waals surface area contributed by atoms with Gasteiger partial charge in [0.1, 0.15) is 5.75 Å². The predicted molar refractivity (Wildman–Crippen MR) is 115 cm³/mol. The molecule has 156 valence electrons.